The van der Waals surface area contributed by atoms with Gasteiger partial charge in [0.15, 0.2) is 0 Å². The van der Waals surface area contributed by atoms with Crippen molar-refractivity contribution in [2.24, 2.45) is 0 Å². The van der Waals surface area contributed by atoms with E-state index in [0.29, 0.717) is 17.8 Å². The predicted molar refractivity (Wildman–Crippen MR) is 101 cm³/mol. The van der Waals surface area contributed by atoms with E-state index in [9.17, 15) is 0 Å². The van der Waals surface area contributed by atoms with Crippen molar-refractivity contribution in [1.29, 1.82) is 0 Å². The predicted octanol–water partition coefficient (Wildman–Crippen LogP) is 4.11. The van der Waals surface area contributed by atoms with Gasteiger partial charge in [0.05, 0.1) is 13.2 Å². The lowest BCUT2D eigenvalue weighted by molar-refractivity contribution is 0.0198. The highest BCUT2D eigenvalue weighted by atomic mass is 16.5. The molecule has 0 radical (unpaired) electrons. The molecule has 5 heteroatoms. The van der Waals surface area contributed by atoms with E-state index < -0.39 is 0 Å². The van der Waals surface area contributed by atoms with Gasteiger partial charge in [-0.3, -0.25) is 4.90 Å². The van der Waals surface area contributed by atoms with Crippen LogP contribution in [0.1, 0.15) is 24.4 Å². The number of ether oxygens (including phenoxy) is 1. The number of hydrogen-bond donors (Lipinski definition) is 0. The van der Waals surface area contributed by atoms with Crippen LogP contribution in [0.25, 0.3) is 22.5 Å². The van der Waals surface area contributed by atoms with E-state index in [0.717, 1.165) is 37.4 Å². The summed E-state index contributed by atoms with van der Waals surface area (Å²) in [4.78, 5) is 6.78. The smallest absolute Gasteiger partial charge is 0.223 e. The molecule has 1 saturated heterocycles. The molecule has 0 N–H and O–H groups in total. The normalized spacial score (nSPS) is 16.5. The van der Waals surface area contributed by atoms with Crippen molar-refractivity contribution < 1.29 is 9.26 Å². The summed E-state index contributed by atoms with van der Waals surface area (Å²) in [6, 6.07) is 17.5. The standard InChI is InChI=1S/C21H23N3O2/c1-15(24-10-12-25-13-11-24)17-6-8-18(9-7-17)19-4-3-5-20(14-19)21-22-16(2)26-23-21/h3-9,14-15H,10-13H2,1-2H3/t15-/m1/s1. The van der Waals surface area contributed by atoms with E-state index in [2.05, 4.69) is 58.4 Å². The summed E-state index contributed by atoms with van der Waals surface area (Å²) < 4.78 is 10.5. The van der Waals surface area contributed by atoms with Gasteiger partial charge in [0, 0.05) is 31.6 Å². The molecule has 1 aliphatic rings. The molecule has 0 amide bonds. The monoisotopic (exact) mass is 349 g/mol. The first-order chi connectivity index (χ1) is 12.7. The van der Waals surface area contributed by atoms with Gasteiger partial charge in [-0.25, -0.2) is 0 Å². The van der Waals surface area contributed by atoms with Crippen LogP contribution < -0.4 is 0 Å². The zero-order valence-electron chi connectivity index (χ0n) is 15.2. The topological polar surface area (TPSA) is 51.4 Å². The number of benzene rings is 2. The second-order valence-corrected chi connectivity index (χ2v) is 6.66. The fourth-order valence-electron chi connectivity index (χ4n) is 3.38. The van der Waals surface area contributed by atoms with E-state index in [1.807, 2.05) is 12.1 Å². The molecule has 1 aliphatic heterocycles. The van der Waals surface area contributed by atoms with Crippen LogP contribution in [0, 0.1) is 6.92 Å². The van der Waals surface area contributed by atoms with Crippen molar-refractivity contribution in [2.45, 2.75) is 19.9 Å². The molecule has 5 nitrogen and oxygen atoms in total. The Morgan fingerprint density at radius 3 is 2.38 bits per heavy atom. The van der Waals surface area contributed by atoms with Gasteiger partial charge in [-0.15, -0.1) is 0 Å². The molecule has 1 aromatic heterocycles. The SMILES string of the molecule is Cc1nc(-c2cccc(-c3ccc([C@@H](C)N4CCOCC4)cc3)c2)no1. The molecule has 0 bridgehead atoms. The maximum atomic E-state index is 5.45. The van der Waals surface area contributed by atoms with Gasteiger partial charge in [0.25, 0.3) is 0 Å². The second-order valence-electron chi connectivity index (χ2n) is 6.66. The summed E-state index contributed by atoms with van der Waals surface area (Å²) in [5.41, 5.74) is 4.63. The van der Waals surface area contributed by atoms with Crippen molar-refractivity contribution in [3.63, 3.8) is 0 Å². The fraction of sp³-hybridized carbons (Fsp3) is 0.333. The molecule has 0 aliphatic carbocycles. The van der Waals surface area contributed by atoms with Crippen molar-refractivity contribution in [3.05, 3.63) is 60.0 Å². The van der Waals surface area contributed by atoms with E-state index in [1.54, 1.807) is 6.92 Å². The maximum Gasteiger partial charge on any atom is 0.223 e. The summed E-state index contributed by atoms with van der Waals surface area (Å²) in [5.74, 6) is 1.20. The third kappa shape index (κ3) is 3.54. The summed E-state index contributed by atoms with van der Waals surface area (Å²) >= 11 is 0. The number of hydrogen-bond acceptors (Lipinski definition) is 5. The summed E-state index contributed by atoms with van der Waals surface area (Å²) in [6.45, 7) is 7.70. The molecule has 3 aromatic rings. The number of rotatable bonds is 4. The zero-order chi connectivity index (χ0) is 17.9. The van der Waals surface area contributed by atoms with Crippen molar-refractivity contribution in [3.8, 4) is 22.5 Å². The minimum absolute atomic E-state index is 0.404. The molecule has 0 spiro atoms. The van der Waals surface area contributed by atoms with E-state index in [4.69, 9.17) is 9.26 Å². The minimum Gasteiger partial charge on any atom is -0.379 e. The van der Waals surface area contributed by atoms with E-state index in [-0.39, 0.29) is 0 Å². The summed E-state index contributed by atoms with van der Waals surface area (Å²) in [7, 11) is 0. The van der Waals surface area contributed by atoms with Gasteiger partial charge in [-0.1, -0.05) is 47.6 Å². The molecular formula is C21H23N3O2. The van der Waals surface area contributed by atoms with Gasteiger partial charge >= 0.3 is 0 Å². The molecule has 0 saturated carbocycles. The van der Waals surface area contributed by atoms with Crippen LogP contribution in [-0.2, 0) is 4.74 Å². The Morgan fingerprint density at radius 2 is 1.69 bits per heavy atom. The Labute approximate surface area is 153 Å². The molecule has 2 heterocycles. The maximum absolute atomic E-state index is 5.45. The lowest BCUT2D eigenvalue weighted by Gasteiger charge is -2.32. The molecule has 26 heavy (non-hydrogen) atoms. The summed E-state index contributed by atoms with van der Waals surface area (Å²) in [6.07, 6.45) is 0. The molecule has 4 rings (SSSR count). The van der Waals surface area contributed by atoms with Crippen LogP contribution in [0.15, 0.2) is 53.1 Å². The molecule has 0 unspecified atom stereocenters. The van der Waals surface area contributed by atoms with E-state index in [1.165, 1.54) is 11.1 Å². The van der Waals surface area contributed by atoms with Gasteiger partial charge < -0.3 is 9.26 Å². The van der Waals surface area contributed by atoms with Gasteiger partial charge in [0.1, 0.15) is 0 Å². The quantitative estimate of drug-likeness (QED) is 0.710. The second kappa shape index (κ2) is 7.40. The highest BCUT2D eigenvalue weighted by Gasteiger charge is 2.18. The lowest BCUT2D eigenvalue weighted by Crippen LogP contribution is -2.37. The van der Waals surface area contributed by atoms with Crippen LogP contribution in [0.3, 0.4) is 0 Å². The van der Waals surface area contributed by atoms with Crippen molar-refractivity contribution >= 4 is 0 Å². The Balaban J connectivity index is 1.55. The fourth-order valence-corrected chi connectivity index (χ4v) is 3.38. The molecule has 134 valence electrons. The highest BCUT2D eigenvalue weighted by molar-refractivity contribution is 5.70. The van der Waals surface area contributed by atoms with Gasteiger partial charge in [0.2, 0.25) is 11.7 Å². The van der Waals surface area contributed by atoms with Crippen LogP contribution >= 0.6 is 0 Å². The average Bonchev–Trinajstić information content (AvgIpc) is 3.15. The van der Waals surface area contributed by atoms with Gasteiger partial charge in [-0.2, -0.15) is 4.98 Å². The molecule has 2 aromatic carbocycles. The zero-order valence-corrected chi connectivity index (χ0v) is 15.2. The van der Waals surface area contributed by atoms with Crippen molar-refractivity contribution in [1.82, 2.24) is 15.0 Å². The van der Waals surface area contributed by atoms with E-state index >= 15 is 0 Å². The Kier molecular flexibility index (Phi) is 4.82. The Hall–Kier alpha value is -2.50. The number of aromatic nitrogens is 2. The Morgan fingerprint density at radius 1 is 0.962 bits per heavy atom. The Bertz CT molecular complexity index is 867. The number of morpholine rings is 1. The highest BCUT2D eigenvalue weighted by Crippen LogP contribution is 2.27. The third-order valence-corrected chi connectivity index (χ3v) is 4.97. The molecular weight excluding hydrogens is 326 g/mol. The first-order valence-electron chi connectivity index (χ1n) is 9.03. The number of aryl methyl sites for hydroxylation is 1. The number of nitrogens with zero attached hydrogens (tertiary/aromatic N) is 3. The summed E-state index contributed by atoms with van der Waals surface area (Å²) in [5, 5.41) is 4.01. The van der Waals surface area contributed by atoms with Crippen LogP contribution in [-0.4, -0.2) is 41.3 Å². The largest absolute Gasteiger partial charge is 0.379 e. The van der Waals surface area contributed by atoms with Crippen molar-refractivity contribution in [2.75, 3.05) is 26.3 Å². The van der Waals surface area contributed by atoms with Crippen LogP contribution in [0.4, 0.5) is 0 Å². The average molecular weight is 349 g/mol. The first kappa shape index (κ1) is 16.9. The molecule has 1 fully saturated rings. The first-order valence-corrected chi connectivity index (χ1v) is 9.03. The van der Waals surface area contributed by atoms with Crippen LogP contribution in [0.2, 0.25) is 0 Å². The van der Waals surface area contributed by atoms with Gasteiger partial charge in [-0.05, 0) is 29.7 Å². The minimum atomic E-state index is 0.404. The lowest BCUT2D eigenvalue weighted by atomic mass is 9.99. The third-order valence-electron chi connectivity index (χ3n) is 4.97. The molecule has 1 atom stereocenters. The van der Waals surface area contributed by atoms with Crippen LogP contribution in [0.5, 0.6) is 0 Å².